The van der Waals surface area contributed by atoms with Gasteiger partial charge in [0.05, 0.1) is 0 Å². The van der Waals surface area contributed by atoms with E-state index in [4.69, 9.17) is 0 Å². The molecule has 1 aromatic heterocycles. The molecule has 0 saturated heterocycles. The van der Waals surface area contributed by atoms with Crippen molar-refractivity contribution in [2.45, 2.75) is 13.3 Å². The maximum Gasteiger partial charge on any atom is 0.269 e. The van der Waals surface area contributed by atoms with Crippen molar-refractivity contribution in [1.82, 2.24) is 10.3 Å². The molecule has 0 radical (unpaired) electrons. The van der Waals surface area contributed by atoms with Crippen LogP contribution in [0.25, 0.3) is 11.1 Å². The van der Waals surface area contributed by atoms with Crippen molar-refractivity contribution in [3.63, 3.8) is 0 Å². The molecule has 18 heavy (non-hydrogen) atoms. The smallest absolute Gasteiger partial charge is 0.269 e. The quantitative estimate of drug-likeness (QED) is 0.896. The molecule has 1 amide bonds. The summed E-state index contributed by atoms with van der Waals surface area (Å²) in [5, 5.41) is 2.55. The highest BCUT2D eigenvalue weighted by atomic mass is 16.1. The second-order valence-corrected chi connectivity index (χ2v) is 4.06. The highest BCUT2D eigenvalue weighted by Gasteiger charge is 2.04. The molecule has 0 atom stereocenters. The van der Waals surface area contributed by atoms with Crippen LogP contribution in [0.15, 0.2) is 42.6 Å². The number of rotatable bonds is 3. The molecule has 0 spiro atoms. The lowest BCUT2D eigenvalue weighted by molar-refractivity contribution is 0.0958. The van der Waals surface area contributed by atoms with Gasteiger partial charge in [-0.2, -0.15) is 0 Å². The first-order valence-corrected chi connectivity index (χ1v) is 6.02. The van der Waals surface area contributed by atoms with E-state index in [0.29, 0.717) is 5.69 Å². The van der Waals surface area contributed by atoms with Gasteiger partial charge in [-0.3, -0.25) is 9.78 Å². The second kappa shape index (κ2) is 5.45. The molecule has 1 N–H and O–H groups in total. The fraction of sp³-hybridized carbons (Fsp3) is 0.200. The summed E-state index contributed by atoms with van der Waals surface area (Å²) in [6, 6.07) is 12.0. The molecule has 2 rings (SSSR count). The summed E-state index contributed by atoms with van der Waals surface area (Å²) in [5.41, 5.74) is 3.88. The van der Waals surface area contributed by atoms with Gasteiger partial charge in [0.15, 0.2) is 0 Å². The number of carbonyl (C=O) groups is 1. The fourth-order valence-electron chi connectivity index (χ4n) is 1.76. The molecule has 0 aliphatic heterocycles. The van der Waals surface area contributed by atoms with Crippen LogP contribution >= 0.6 is 0 Å². The van der Waals surface area contributed by atoms with E-state index in [0.717, 1.165) is 17.5 Å². The third kappa shape index (κ3) is 2.56. The normalized spacial score (nSPS) is 10.1. The predicted molar refractivity (Wildman–Crippen MR) is 72.4 cm³/mol. The molecule has 0 bridgehead atoms. The first-order chi connectivity index (χ1) is 8.74. The fourth-order valence-corrected chi connectivity index (χ4v) is 1.76. The number of amides is 1. The number of nitrogens with one attached hydrogen (secondary N) is 1. The van der Waals surface area contributed by atoms with E-state index in [9.17, 15) is 4.79 Å². The molecule has 0 saturated carbocycles. The van der Waals surface area contributed by atoms with Crippen LogP contribution in [0, 0.1) is 0 Å². The van der Waals surface area contributed by atoms with Crippen LogP contribution in [0.1, 0.15) is 23.0 Å². The van der Waals surface area contributed by atoms with Crippen LogP contribution in [0.3, 0.4) is 0 Å². The van der Waals surface area contributed by atoms with E-state index >= 15 is 0 Å². The zero-order chi connectivity index (χ0) is 13.0. The average Bonchev–Trinajstić information content (AvgIpc) is 2.47. The summed E-state index contributed by atoms with van der Waals surface area (Å²) >= 11 is 0. The number of aryl methyl sites for hydroxylation is 1. The van der Waals surface area contributed by atoms with Crippen LogP contribution in [0.5, 0.6) is 0 Å². The summed E-state index contributed by atoms with van der Waals surface area (Å²) in [4.78, 5) is 15.5. The highest BCUT2D eigenvalue weighted by Crippen LogP contribution is 2.19. The Bertz CT molecular complexity index is 529. The van der Waals surface area contributed by atoms with Crippen LogP contribution in [0.2, 0.25) is 0 Å². The third-order valence-corrected chi connectivity index (χ3v) is 2.92. The minimum Gasteiger partial charge on any atom is -0.354 e. The molecule has 0 aliphatic carbocycles. The van der Waals surface area contributed by atoms with Gasteiger partial charge in [-0.05, 0) is 23.6 Å². The molecule has 3 heteroatoms. The van der Waals surface area contributed by atoms with Crippen LogP contribution in [0.4, 0.5) is 0 Å². The number of aromatic nitrogens is 1. The van der Waals surface area contributed by atoms with E-state index in [-0.39, 0.29) is 5.91 Å². The molecule has 1 heterocycles. The van der Waals surface area contributed by atoms with E-state index in [1.807, 2.05) is 6.07 Å². The molecule has 3 nitrogen and oxygen atoms in total. The predicted octanol–water partition coefficient (Wildman–Crippen LogP) is 2.67. The summed E-state index contributed by atoms with van der Waals surface area (Å²) in [6.45, 7) is 2.13. The van der Waals surface area contributed by atoms with Gasteiger partial charge in [-0.25, -0.2) is 0 Å². The number of hydrogen-bond donors (Lipinski definition) is 1. The maximum atomic E-state index is 11.4. The van der Waals surface area contributed by atoms with Crippen molar-refractivity contribution in [2.75, 3.05) is 7.05 Å². The van der Waals surface area contributed by atoms with Gasteiger partial charge in [0.1, 0.15) is 5.69 Å². The number of hydrogen-bond acceptors (Lipinski definition) is 2. The van der Waals surface area contributed by atoms with E-state index in [2.05, 4.69) is 41.5 Å². The minimum absolute atomic E-state index is 0.164. The van der Waals surface area contributed by atoms with Crippen LogP contribution < -0.4 is 5.32 Å². The Morgan fingerprint density at radius 2 is 1.78 bits per heavy atom. The van der Waals surface area contributed by atoms with Gasteiger partial charge in [0.25, 0.3) is 5.91 Å². The zero-order valence-electron chi connectivity index (χ0n) is 10.6. The Kier molecular flexibility index (Phi) is 3.72. The largest absolute Gasteiger partial charge is 0.354 e. The molecular formula is C15H16N2O. The Morgan fingerprint density at radius 3 is 2.28 bits per heavy atom. The molecular weight excluding hydrogens is 224 g/mol. The molecule has 92 valence electrons. The summed E-state index contributed by atoms with van der Waals surface area (Å²) in [7, 11) is 1.60. The van der Waals surface area contributed by atoms with Crippen molar-refractivity contribution < 1.29 is 4.79 Å². The van der Waals surface area contributed by atoms with E-state index in [1.165, 1.54) is 5.56 Å². The van der Waals surface area contributed by atoms with Gasteiger partial charge in [0, 0.05) is 18.8 Å². The van der Waals surface area contributed by atoms with Crippen molar-refractivity contribution in [3.8, 4) is 11.1 Å². The lowest BCUT2D eigenvalue weighted by Crippen LogP contribution is -2.18. The first kappa shape index (κ1) is 12.3. The zero-order valence-corrected chi connectivity index (χ0v) is 10.6. The Morgan fingerprint density at radius 1 is 1.11 bits per heavy atom. The van der Waals surface area contributed by atoms with Gasteiger partial charge in [0.2, 0.25) is 0 Å². The lowest BCUT2D eigenvalue weighted by atomic mass is 10.0. The van der Waals surface area contributed by atoms with Gasteiger partial charge in [-0.15, -0.1) is 0 Å². The van der Waals surface area contributed by atoms with Gasteiger partial charge < -0.3 is 5.32 Å². The molecule has 1 aromatic carbocycles. The third-order valence-electron chi connectivity index (χ3n) is 2.92. The molecule has 2 aromatic rings. The maximum absolute atomic E-state index is 11.4. The molecule has 0 unspecified atom stereocenters. The van der Waals surface area contributed by atoms with Gasteiger partial charge in [-0.1, -0.05) is 37.3 Å². The molecule has 0 fully saturated rings. The van der Waals surface area contributed by atoms with E-state index < -0.39 is 0 Å². The number of carbonyl (C=O) groups excluding carboxylic acids is 1. The Hall–Kier alpha value is -2.16. The highest BCUT2D eigenvalue weighted by molar-refractivity contribution is 5.92. The van der Waals surface area contributed by atoms with Crippen molar-refractivity contribution >= 4 is 5.91 Å². The van der Waals surface area contributed by atoms with Crippen LogP contribution in [-0.4, -0.2) is 17.9 Å². The number of nitrogens with zero attached hydrogens (tertiary/aromatic N) is 1. The average molecular weight is 240 g/mol. The minimum atomic E-state index is -0.164. The van der Waals surface area contributed by atoms with Crippen molar-refractivity contribution in [2.24, 2.45) is 0 Å². The summed E-state index contributed by atoms with van der Waals surface area (Å²) in [5.74, 6) is -0.164. The Balaban J connectivity index is 2.25. The lowest BCUT2D eigenvalue weighted by Gasteiger charge is -2.04. The SMILES string of the molecule is CCc1ccc(-c2ccc(C(=O)NC)nc2)cc1. The second-order valence-electron chi connectivity index (χ2n) is 4.06. The molecule has 0 aliphatic rings. The topological polar surface area (TPSA) is 42.0 Å². The van der Waals surface area contributed by atoms with Crippen molar-refractivity contribution in [3.05, 3.63) is 53.9 Å². The number of benzene rings is 1. The monoisotopic (exact) mass is 240 g/mol. The Labute approximate surface area is 107 Å². The summed E-state index contributed by atoms with van der Waals surface area (Å²) in [6.07, 6.45) is 2.76. The van der Waals surface area contributed by atoms with Crippen LogP contribution in [-0.2, 0) is 6.42 Å². The number of pyridine rings is 1. The standard InChI is InChI=1S/C15H16N2O/c1-3-11-4-6-12(7-5-11)13-8-9-14(17-10-13)15(18)16-2/h4-10H,3H2,1-2H3,(H,16,18). The van der Waals surface area contributed by atoms with E-state index in [1.54, 1.807) is 19.3 Å². The first-order valence-electron chi connectivity index (χ1n) is 6.02. The van der Waals surface area contributed by atoms with Gasteiger partial charge >= 0.3 is 0 Å². The summed E-state index contributed by atoms with van der Waals surface area (Å²) < 4.78 is 0. The van der Waals surface area contributed by atoms with Crippen molar-refractivity contribution in [1.29, 1.82) is 0 Å².